The molecule has 2 unspecified atom stereocenters. The van der Waals surface area contributed by atoms with E-state index >= 15 is 8.78 Å². The number of anilines is 1. The number of aromatic nitrogens is 1. The van der Waals surface area contributed by atoms with Gasteiger partial charge in [0.05, 0.1) is 17.4 Å². The van der Waals surface area contributed by atoms with Crippen LogP contribution in [0.3, 0.4) is 0 Å². The standard InChI is InChI=1S/C28H33F2N3O6/c1-5-9-37-25(35)19-13-33(17-6-7-17)22-18(24(19)34)11-20(29)23(21(22)30)32-12-16-8-10-38-28(16,15-32)14-31-26(36)39-27(2,3)4/h5,11,13,16-17H,1,6-10,12,14-15H2,2-4H3,(H,31,36). The molecule has 2 atom stereocenters. The van der Waals surface area contributed by atoms with Crippen LogP contribution >= 0.6 is 0 Å². The van der Waals surface area contributed by atoms with Gasteiger partial charge >= 0.3 is 12.1 Å². The monoisotopic (exact) mass is 545 g/mol. The lowest BCUT2D eigenvalue weighted by molar-refractivity contribution is -0.000290. The van der Waals surface area contributed by atoms with E-state index in [1.54, 1.807) is 30.2 Å². The molecular weight excluding hydrogens is 512 g/mol. The van der Waals surface area contributed by atoms with Gasteiger partial charge in [0.15, 0.2) is 5.82 Å². The third-order valence-corrected chi connectivity index (χ3v) is 7.42. The molecule has 5 rings (SSSR count). The molecular formula is C28H33F2N3O6. The predicted octanol–water partition coefficient (Wildman–Crippen LogP) is 4.08. The number of nitrogens with zero attached hydrogens (tertiary/aromatic N) is 2. The topological polar surface area (TPSA) is 99.1 Å². The van der Waals surface area contributed by atoms with Gasteiger partial charge < -0.3 is 29.0 Å². The highest BCUT2D eigenvalue weighted by Gasteiger charge is 2.52. The van der Waals surface area contributed by atoms with Crippen LogP contribution in [0.15, 0.2) is 29.7 Å². The number of esters is 1. The van der Waals surface area contributed by atoms with Crippen LogP contribution in [0, 0.1) is 17.6 Å². The van der Waals surface area contributed by atoms with Gasteiger partial charge in [-0.05, 0) is 46.1 Å². The quantitative estimate of drug-likeness (QED) is 0.414. The van der Waals surface area contributed by atoms with Crippen molar-refractivity contribution in [3.05, 3.63) is 52.3 Å². The average molecular weight is 546 g/mol. The summed E-state index contributed by atoms with van der Waals surface area (Å²) in [5.41, 5.74) is -2.87. The average Bonchev–Trinajstić information content (AvgIpc) is 3.53. The maximum atomic E-state index is 16.2. The SMILES string of the molecule is C=CCOC(=O)c1cn(C2CC2)c2c(F)c(N3CC4CCOC4(CNC(=O)OC(C)(C)C)C3)c(F)cc2c1=O. The molecule has 210 valence electrons. The molecule has 1 N–H and O–H groups in total. The summed E-state index contributed by atoms with van der Waals surface area (Å²) in [6, 6.07) is 0.886. The number of carbonyl (C=O) groups is 2. The first-order valence-electron chi connectivity index (χ1n) is 13.1. The lowest BCUT2D eigenvalue weighted by Gasteiger charge is -2.30. The lowest BCUT2D eigenvalue weighted by Crippen LogP contribution is -2.49. The molecule has 2 aliphatic heterocycles. The number of carbonyl (C=O) groups excluding carboxylic acids is 2. The minimum absolute atomic E-state index is 0.0434. The molecule has 2 saturated heterocycles. The summed E-state index contributed by atoms with van der Waals surface area (Å²) in [5, 5.41) is 2.53. The number of halogens is 2. The van der Waals surface area contributed by atoms with E-state index in [1.165, 1.54) is 12.3 Å². The van der Waals surface area contributed by atoms with Gasteiger partial charge in [-0.2, -0.15) is 0 Å². The second-order valence-corrected chi connectivity index (χ2v) is 11.4. The number of pyridine rings is 1. The molecule has 0 bridgehead atoms. The van der Waals surface area contributed by atoms with Crippen molar-refractivity contribution < 1.29 is 32.6 Å². The first-order chi connectivity index (χ1) is 18.4. The molecule has 1 aromatic heterocycles. The summed E-state index contributed by atoms with van der Waals surface area (Å²) in [7, 11) is 0. The maximum Gasteiger partial charge on any atom is 0.407 e. The summed E-state index contributed by atoms with van der Waals surface area (Å²) in [4.78, 5) is 39.5. The molecule has 11 heteroatoms. The summed E-state index contributed by atoms with van der Waals surface area (Å²) in [6.45, 7) is 9.74. The van der Waals surface area contributed by atoms with E-state index in [2.05, 4.69) is 11.9 Å². The van der Waals surface area contributed by atoms with Crippen molar-refractivity contribution in [3.63, 3.8) is 0 Å². The molecule has 2 aromatic rings. The predicted molar refractivity (Wildman–Crippen MR) is 140 cm³/mol. The minimum Gasteiger partial charge on any atom is -0.458 e. The fourth-order valence-corrected chi connectivity index (χ4v) is 5.55. The van der Waals surface area contributed by atoms with Crippen LogP contribution in [-0.4, -0.2) is 60.7 Å². The van der Waals surface area contributed by atoms with E-state index in [4.69, 9.17) is 14.2 Å². The van der Waals surface area contributed by atoms with Crippen LogP contribution in [0.2, 0.25) is 0 Å². The summed E-state index contributed by atoms with van der Waals surface area (Å²) in [6.07, 6.45) is 4.24. The number of rotatable bonds is 7. The molecule has 3 aliphatic rings. The van der Waals surface area contributed by atoms with Gasteiger partial charge in [-0.25, -0.2) is 18.4 Å². The van der Waals surface area contributed by atoms with Crippen LogP contribution in [0.5, 0.6) is 0 Å². The van der Waals surface area contributed by atoms with Gasteiger partial charge in [0.2, 0.25) is 5.43 Å². The van der Waals surface area contributed by atoms with E-state index in [9.17, 15) is 14.4 Å². The first kappa shape index (κ1) is 27.1. The van der Waals surface area contributed by atoms with E-state index < -0.39 is 40.3 Å². The second-order valence-electron chi connectivity index (χ2n) is 11.4. The van der Waals surface area contributed by atoms with Gasteiger partial charge in [0.25, 0.3) is 0 Å². The summed E-state index contributed by atoms with van der Waals surface area (Å²) >= 11 is 0. The molecule has 0 spiro atoms. The van der Waals surface area contributed by atoms with Crippen molar-refractivity contribution in [2.24, 2.45) is 5.92 Å². The molecule has 0 radical (unpaired) electrons. The van der Waals surface area contributed by atoms with Gasteiger partial charge in [-0.1, -0.05) is 12.7 Å². The molecule has 1 amide bonds. The van der Waals surface area contributed by atoms with Crippen molar-refractivity contribution in [1.82, 2.24) is 9.88 Å². The molecule has 3 heterocycles. The fraction of sp³-hybridized carbons (Fsp3) is 0.536. The highest BCUT2D eigenvalue weighted by atomic mass is 19.1. The first-order valence-corrected chi connectivity index (χ1v) is 13.1. The highest BCUT2D eigenvalue weighted by molar-refractivity contribution is 5.95. The van der Waals surface area contributed by atoms with Gasteiger partial charge in [-0.15, -0.1) is 0 Å². The Morgan fingerprint density at radius 3 is 2.69 bits per heavy atom. The molecule has 1 aliphatic carbocycles. The molecule has 1 saturated carbocycles. The number of fused-ring (bicyclic) bond motifs is 2. The van der Waals surface area contributed by atoms with Crippen molar-refractivity contribution >= 4 is 28.7 Å². The highest BCUT2D eigenvalue weighted by Crippen LogP contribution is 2.44. The Bertz CT molecular complexity index is 1400. The fourth-order valence-electron chi connectivity index (χ4n) is 5.55. The third-order valence-electron chi connectivity index (χ3n) is 7.42. The normalized spacial score (nSPS) is 22.6. The van der Waals surface area contributed by atoms with Gasteiger partial charge in [-0.3, -0.25) is 4.79 Å². The zero-order chi connectivity index (χ0) is 28.1. The van der Waals surface area contributed by atoms with Crippen LogP contribution in [-0.2, 0) is 14.2 Å². The van der Waals surface area contributed by atoms with Gasteiger partial charge in [0, 0.05) is 37.9 Å². The van der Waals surface area contributed by atoms with Crippen LogP contribution in [0.1, 0.15) is 56.4 Å². The largest absolute Gasteiger partial charge is 0.458 e. The van der Waals surface area contributed by atoms with Crippen LogP contribution in [0.25, 0.3) is 10.9 Å². The third kappa shape index (κ3) is 5.11. The number of alkyl carbamates (subject to hydrolysis) is 1. The van der Waals surface area contributed by atoms with E-state index in [1.807, 2.05) is 0 Å². The Balaban J connectivity index is 1.50. The number of nitrogens with one attached hydrogen (secondary N) is 1. The number of hydrogen-bond donors (Lipinski definition) is 1. The smallest absolute Gasteiger partial charge is 0.407 e. The summed E-state index contributed by atoms with van der Waals surface area (Å²) in [5.74, 6) is -2.72. The minimum atomic E-state index is -0.911. The Kier molecular flexibility index (Phi) is 6.90. The van der Waals surface area contributed by atoms with Gasteiger partial charge in [0.1, 0.15) is 34.9 Å². The molecule has 9 nitrogen and oxygen atoms in total. The Labute approximate surface area is 224 Å². The van der Waals surface area contributed by atoms with E-state index in [-0.39, 0.29) is 53.8 Å². The molecule has 1 aromatic carbocycles. The van der Waals surface area contributed by atoms with Crippen molar-refractivity contribution in [1.29, 1.82) is 0 Å². The molecule has 3 fully saturated rings. The van der Waals surface area contributed by atoms with Crippen molar-refractivity contribution in [3.8, 4) is 0 Å². The summed E-state index contributed by atoms with van der Waals surface area (Å²) < 4.78 is 49.8. The molecule has 39 heavy (non-hydrogen) atoms. The number of ether oxygens (including phenoxy) is 3. The Morgan fingerprint density at radius 2 is 2.03 bits per heavy atom. The van der Waals surface area contributed by atoms with Crippen molar-refractivity contribution in [2.45, 2.75) is 57.3 Å². The zero-order valence-corrected chi connectivity index (χ0v) is 22.4. The Hall–Kier alpha value is -3.47. The second kappa shape index (κ2) is 9.93. The maximum absolute atomic E-state index is 16.2. The number of benzene rings is 1. The lowest BCUT2D eigenvalue weighted by atomic mass is 9.91. The van der Waals surface area contributed by atoms with E-state index in [0.717, 1.165) is 18.9 Å². The van der Waals surface area contributed by atoms with Crippen molar-refractivity contribution in [2.75, 3.05) is 37.7 Å². The van der Waals surface area contributed by atoms with Crippen LogP contribution in [0.4, 0.5) is 19.3 Å². The van der Waals surface area contributed by atoms with Crippen LogP contribution < -0.4 is 15.6 Å². The zero-order valence-electron chi connectivity index (χ0n) is 22.4. The Morgan fingerprint density at radius 1 is 1.28 bits per heavy atom. The number of amides is 1. The number of hydrogen-bond acceptors (Lipinski definition) is 7. The van der Waals surface area contributed by atoms with E-state index in [0.29, 0.717) is 19.6 Å².